The Morgan fingerprint density at radius 3 is 2.95 bits per heavy atom. The van der Waals surface area contributed by atoms with Gasteiger partial charge in [0, 0.05) is 18.7 Å². The first kappa shape index (κ1) is 12.9. The second-order valence-corrected chi connectivity index (χ2v) is 5.02. The lowest BCUT2D eigenvalue weighted by Gasteiger charge is -2.10. The Morgan fingerprint density at radius 1 is 1.30 bits per heavy atom. The Bertz CT molecular complexity index is 669. The van der Waals surface area contributed by atoms with Crippen LogP contribution >= 0.6 is 0 Å². The fourth-order valence-electron chi connectivity index (χ4n) is 2.70. The van der Waals surface area contributed by atoms with Crippen molar-refractivity contribution >= 4 is 5.78 Å². The molecular formula is C16H13F2NO. The summed E-state index contributed by atoms with van der Waals surface area (Å²) in [6.45, 7) is 0. The number of hydrogen-bond acceptors (Lipinski definition) is 2. The summed E-state index contributed by atoms with van der Waals surface area (Å²) in [6, 6.07) is 7.13. The predicted molar refractivity (Wildman–Crippen MR) is 70.4 cm³/mol. The second kappa shape index (κ2) is 5.12. The average Bonchev–Trinajstić information content (AvgIpc) is 2.86. The number of aryl methyl sites for hydroxylation is 1. The molecule has 1 aliphatic rings. The predicted octanol–water partition coefficient (Wildman–Crippen LogP) is 3.20. The molecule has 0 aliphatic heterocycles. The van der Waals surface area contributed by atoms with Crippen LogP contribution in [0.1, 0.15) is 29.2 Å². The van der Waals surface area contributed by atoms with E-state index in [1.165, 1.54) is 12.1 Å². The smallest absolute Gasteiger partial charge is 0.146 e. The van der Waals surface area contributed by atoms with Gasteiger partial charge in [-0.3, -0.25) is 9.78 Å². The summed E-state index contributed by atoms with van der Waals surface area (Å²) in [7, 11) is 0. The highest BCUT2D eigenvalue weighted by Crippen LogP contribution is 2.32. The second-order valence-electron chi connectivity index (χ2n) is 5.02. The van der Waals surface area contributed by atoms with Crippen molar-refractivity contribution in [1.29, 1.82) is 0 Å². The molecule has 4 heteroatoms. The number of pyridine rings is 1. The van der Waals surface area contributed by atoms with Crippen molar-refractivity contribution < 1.29 is 13.6 Å². The molecule has 0 radical (unpaired) electrons. The maximum absolute atomic E-state index is 13.6. The molecular weight excluding hydrogens is 260 g/mol. The van der Waals surface area contributed by atoms with Gasteiger partial charge in [-0.1, -0.05) is 12.1 Å². The van der Waals surface area contributed by atoms with E-state index in [-0.39, 0.29) is 23.7 Å². The van der Waals surface area contributed by atoms with Gasteiger partial charge in [-0.05, 0) is 36.1 Å². The quantitative estimate of drug-likeness (QED) is 0.859. The van der Waals surface area contributed by atoms with Crippen LogP contribution in [0.15, 0.2) is 36.5 Å². The van der Waals surface area contributed by atoms with E-state index < -0.39 is 11.6 Å². The van der Waals surface area contributed by atoms with Crippen LogP contribution in [0.25, 0.3) is 0 Å². The monoisotopic (exact) mass is 273 g/mol. The average molecular weight is 273 g/mol. The zero-order valence-corrected chi connectivity index (χ0v) is 10.8. The van der Waals surface area contributed by atoms with Crippen molar-refractivity contribution in [2.45, 2.75) is 25.2 Å². The van der Waals surface area contributed by atoms with Crippen molar-refractivity contribution in [2.75, 3.05) is 0 Å². The molecule has 1 aromatic heterocycles. The Balaban J connectivity index is 1.81. The Morgan fingerprint density at radius 2 is 2.15 bits per heavy atom. The summed E-state index contributed by atoms with van der Waals surface area (Å²) in [5.74, 6) is -1.63. The molecule has 0 amide bonds. The highest BCUT2D eigenvalue weighted by atomic mass is 19.1. The van der Waals surface area contributed by atoms with Crippen molar-refractivity contribution in [3.8, 4) is 0 Å². The maximum Gasteiger partial charge on any atom is 0.146 e. The molecule has 0 fully saturated rings. The molecule has 2 nitrogen and oxygen atoms in total. The van der Waals surface area contributed by atoms with Gasteiger partial charge in [0.05, 0.1) is 11.6 Å². The van der Waals surface area contributed by atoms with Crippen LogP contribution in [0.5, 0.6) is 0 Å². The van der Waals surface area contributed by atoms with Crippen LogP contribution in [0.2, 0.25) is 0 Å². The molecule has 20 heavy (non-hydrogen) atoms. The number of halogens is 2. The number of rotatable bonds is 3. The number of carbonyl (C=O) groups excluding carboxylic acids is 1. The fraction of sp³-hybridized carbons (Fsp3) is 0.250. The highest BCUT2D eigenvalue weighted by Gasteiger charge is 2.29. The number of benzene rings is 1. The zero-order valence-electron chi connectivity index (χ0n) is 10.8. The van der Waals surface area contributed by atoms with Gasteiger partial charge in [-0.15, -0.1) is 0 Å². The van der Waals surface area contributed by atoms with E-state index in [0.29, 0.717) is 6.42 Å². The van der Waals surface area contributed by atoms with Gasteiger partial charge in [0.15, 0.2) is 0 Å². The van der Waals surface area contributed by atoms with Crippen molar-refractivity contribution in [3.63, 3.8) is 0 Å². The summed E-state index contributed by atoms with van der Waals surface area (Å²) < 4.78 is 26.4. The van der Waals surface area contributed by atoms with Crippen LogP contribution in [-0.4, -0.2) is 10.8 Å². The lowest BCUT2D eigenvalue weighted by molar-refractivity contribution is -0.119. The SMILES string of the molecule is O=C(Cc1ccc(F)cc1F)C1CCc2cccnc21. The van der Waals surface area contributed by atoms with Gasteiger partial charge >= 0.3 is 0 Å². The Hall–Kier alpha value is -2.10. The van der Waals surface area contributed by atoms with Crippen molar-refractivity contribution in [3.05, 3.63) is 65.0 Å². The minimum absolute atomic E-state index is 0.0210. The molecule has 1 heterocycles. The molecule has 3 rings (SSSR count). The van der Waals surface area contributed by atoms with E-state index in [9.17, 15) is 13.6 Å². The number of aromatic nitrogens is 1. The first-order valence-electron chi connectivity index (χ1n) is 6.55. The molecule has 1 unspecified atom stereocenters. The molecule has 0 bridgehead atoms. The summed E-state index contributed by atoms with van der Waals surface area (Å²) in [4.78, 5) is 16.6. The van der Waals surface area contributed by atoms with E-state index in [2.05, 4.69) is 4.98 Å². The van der Waals surface area contributed by atoms with Crippen LogP contribution in [0, 0.1) is 11.6 Å². The van der Waals surface area contributed by atoms with E-state index in [4.69, 9.17) is 0 Å². The molecule has 0 spiro atoms. The summed E-state index contributed by atoms with van der Waals surface area (Å²) in [5.41, 5.74) is 2.13. The molecule has 0 N–H and O–H groups in total. The fourth-order valence-corrected chi connectivity index (χ4v) is 2.70. The largest absolute Gasteiger partial charge is 0.299 e. The number of fused-ring (bicyclic) bond motifs is 1. The van der Waals surface area contributed by atoms with E-state index in [1.54, 1.807) is 6.20 Å². The van der Waals surface area contributed by atoms with E-state index in [1.807, 2.05) is 12.1 Å². The minimum atomic E-state index is -0.669. The molecule has 0 saturated heterocycles. The third-order valence-corrected chi connectivity index (χ3v) is 3.73. The Labute approximate surface area is 115 Å². The van der Waals surface area contributed by atoms with Gasteiger partial charge in [0.25, 0.3) is 0 Å². The van der Waals surface area contributed by atoms with Crippen molar-refractivity contribution in [2.24, 2.45) is 0 Å². The molecule has 102 valence electrons. The summed E-state index contributed by atoms with van der Waals surface area (Å²) >= 11 is 0. The van der Waals surface area contributed by atoms with E-state index >= 15 is 0 Å². The standard InChI is InChI=1S/C16H13F2NO/c17-12-5-3-11(14(18)9-12)8-15(20)13-6-4-10-2-1-7-19-16(10)13/h1-3,5,7,9,13H,4,6,8H2. The normalized spacial score (nSPS) is 17.0. The third kappa shape index (κ3) is 2.33. The van der Waals surface area contributed by atoms with Crippen LogP contribution in [0.3, 0.4) is 0 Å². The molecule has 1 atom stereocenters. The van der Waals surface area contributed by atoms with Crippen LogP contribution in [-0.2, 0) is 17.6 Å². The van der Waals surface area contributed by atoms with Gasteiger partial charge in [-0.2, -0.15) is 0 Å². The number of hydrogen-bond donors (Lipinski definition) is 0. The van der Waals surface area contributed by atoms with Gasteiger partial charge in [0.2, 0.25) is 0 Å². The first-order chi connectivity index (χ1) is 9.65. The third-order valence-electron chi connectivity index (χ3n) is 3.73. The van der Waals surface area contributed by atoms with E-state index in [0.717, 1.165) is 23.7 Å². The van der Waals surface area contributed by atoms with Gasteiger partial charge in [-0.25, -0.2) is 8.78 Å². The molecule has 2 aromatic rings. The number of ketones is 1. The maximum atomic E-state index is 13.6. The van der Waals surface area contributed by atoms with Crippen LogP contribution in [0.4, 0.5) is 8.78 Å². The molecule has 1 aromatic carbocycles. The lowest BCUT2D eigenvalue weighted by Crippen LogP contribution is -2.14. The Kier molecular flexibility index (Phi) is 3.30. The molecule has 0 saturated carbocycles. The first-order valence-corrected chi connectivity index (χ1v) is 6.55. The number of nitrogens with zero attached hydrogens (tertiary/aromatic N) is 1. The van der Waals surface area contributed by atoms with Crippen molar-refractivity contribution in [1.82, 2.24) is 4.98 Å². The lowest BCUT2D eigenvalue weighted by atomic mass is 9.95. The number of carbonyl (C=O) groups is 1. The van der Waals surface area contributed by atoms with Gasteiger partial charge < -0.3 is 0 Å². The molecule has 1 aliphatic carbocycles. The minimum Gasteiger partial charge on any atom is -0.299 e. The summed E-state index contributed by atoms with van der Waals surface area (Å²) in [5, 5.41) is 0. The number of Topliss-reactive ketones (excluding diaryl/α,β-unsaturated/α-hetero) is 1. The zero-order chi connectivity index (χ0) is 14.1. The van der Waals surface area contributed by atoms with Crippen LogP contribution < -0.4 is 0 Å². The van der Waals surface area contributed by atoms with Gasteiger partial charge in [0.1, 0.15) is 17.4 Å². The summed E-state index contributed by atoms with van der Waals surface area (Å²) in [6.07, 6.45) is 3.19. The highest BCUT2D eigenvalue weighted by molar-refractivity contribution is 5.88. The topological polar surface area (TPSA) is 30.0 Å².